The molecule has 0 saturated carbocycles. The molecule has 0 radical (unpaired) electrons. The van der Waals surface area contributed by atoms with Crippen molar-refractivity contribution >= 4 is 26.6 Å². The Morgan fingerprint density at radius 2 is 2.25 bits per heavy atom. The summed E-state index contributed by atoms with van der Waals surface area (Å²) < 4.78 is 26.9. The number of benzene rings is 1. The second-order valence-corrected chi connectivity index (χ2v) is 5.14. The van der Waals surface area contributed by atoms with Crippen LogP contribution in [0.15, 0.2) is 18.2 Å². The van der Waals surface area contributed by atoms with Crippen LogP contribution < -0.4 is 0 Å². The Labute approximate surface area is 75.6 Å². The number of hydrogen-bond acceptors (Lipinski definition) is 3. The first-order valence-corrected chi connectivity index (χ1v) is 6.02. The molecule has 0 spiro atoms. The zero-order chi connectivity index (χ0) is 8.72. The first kappa shape index (κ1) is 7.93. The van der Waals surface area contributed by atoms with Crippen molar-refractivity contribution in [2.24, 2.45) is 0 Å². The second-order valence-electron chi connectivity index (χ2n) is 2.22. The maximum absolute atomic E-state index is 12.6. The summed E-state index contributed by atoms with van der Waals surface area (Å²) in [6, 6.07) is 3.70. The molecule has 2 rings (SSSR count). The quantitative estimate of drug-likeness (QED) is 0.733. The van der Waals surface area contributed by atoms with Crippen LogP contribution in [0.2, 0.25) is 0 Å². The molecule has 0 fully saturated rings. The number of carbonyl (C=O) groups is 1. The van der Waals surface area contributed by atoms with Crippen LogP contribution >= 0.6 is 20.6 Å². The van der Waals surface area contributed by atoms with Crippen molar-refractivity contribution < 1.29 is 15.7 Å². The standard InChI is InChI=1S/C7H4FIO3/c8-4-1-2-6-5(3-4)7(10)12-9(6)11/h1-3,11H. The number of halogens is 2. The third-order valence-corrected chi connectivity index (χ3v) is 4.22. The number of rotatable bonds is 0. The Morgan fingerprint density at radius 3 is 3.00 bits per heavy atom. The molecule has 0 aliphatic carbocycles. The van der Waals surface area contributed by atoms with Crippen molar-refractivity contribution in [2.45, 2.75) is 0 Å². The molecule has 0 amide bonds. The molecule has 0 saturated heterocycles. The molecule has 1 heterocycles. The molecule has 1 N–H and O–H groups in total. The predicted molar refractivity (Wildman–Crippen MR) is 46.8 cm³/mol. The summed E-state index contributed by atoms with van der Waals surface area (Å²) in [5.74, 6) is -1.10. The van der Waals surface area contributed by atoms with E-state index in [9.17, 15) is 12.6 Å². The zero-order valence-electron chi connectivity index (χ0n) is 5.75. The average Bonchev–Trinajstić information content (AvgIpc) is 2.28. The Kier molecular flexibility index (Phi) is 1.76. The van der Waals surface area contributed by atoms with Gasteiger partial charge in [0, 0.05) is 0 Å². The van der Waals surface area contributed by atoms with Crippen molar-refractivity contribution in [3.63, 3.8) is 0 Å². The fourth-order valence-electron chi connectivity index (χ4n) is 0.944. The monoisotopic (exact) mass is 282 g/mol. The van der Waals surface area contributed by atoms with E-state index in [2.05, 4.69) is 3.07 Å². The van der Waals surface area contributed by atoms with E-state index in [0.29, 0.717) is 3.57 Å². The minimum absolute atomic E-state index is 0.169. The molecular formula is C7H4FIO3. The van der Waals surface area contributed by atoms with Gasteiger partial charge < -0.3 is 0 Å². The topological polar surface area (TPSA) is 46.5 Å². The average molecular weight is 282 g/mol. The summed E-state index contributed by atoms with van der Waals surface area (Å²) in [5.41, 5.74) is 0.169. The summed E-state index contributed by atoms with van der Waals surface area (Å²) in [4.78, 5) is 10.9. The summed E-state index contributed by atoms with van der Waals surface area (Å²) in [6.07, 6.45) is 0. The molecule has 0 atom stereocenters. The molecule has 0 bridgehead atoms. The second kappa shape index (κ2) is 2.67. The first-order chi connectivity index (χ1) is 5.68. The zero-order valence-corrected chi connectivity index (χ0v) is 7.91. The van der Waals surface area contributed by atoms with Crippen LogP contribution in [0.5, 0.6) is 0 Å². The Balaban J connectivity index is 2.60. The van der Waals surface area contributed by atoms with Crippen LogP contribution in [0.3, 0.4) is 0 Å². The van der Waals surface area contributed by atoms with Gasteiger partial charge in [-0.3, -0.25) is 0 Å². The van der Waals surface area contributed by atoms with Crippen LogP contribution in [0.1, 0.15) is 10.4 Å². The Hall–Kier alpha value is -0.690. The van der Waals surface area contributed by atoms with Gasteiger partial charge in [-0.1, -0.05) is 0 Å². The van der Waals surface area contributed by atoms with E-state index >= 15 is 0 Å². The summed E-state index contributed by atoms with van der Waals surface area (Å²) in [7, 11) is 0. The summed E-state index contributed by atoms with van der Waals surface area (Å²) in [5, 5.41) is 0. The van der Waals surface area contributed by atoms with E-state index < -0.39 is 32.4 Å². The van der Waals surface area contributed by atoms with E-state index in [-0.39, 0.29) is 5.56 Å². The Bertz CT molecular complexity index is 353. The van der Waals surface area contributed by atoms with E-state index in [4.69, 9.17) is 0 Å². The minimum atomic E-state index is -2.71. The molecule has 1 aliphatic heterocycles. The van der Waals surface area contributed by atoms with Crippen LogP contribution in [-0.2, 0) is 3.07 Å². The molecule has 1 aliphatic rings. The van der Waals surface area contributed by atoms with E-state index in [0.717, 1.165) is 6.07 Å². The van der Waals surface area contributed by atoms with Crippen LogP contribution in [0, 0.1) is 9.39 Å². The third-order valence-electron chi connectivity index (χ3n) is 1.47. The number of carbonyl (C=O) groups excluding carboxylic acids is 1. The summed E-state index contributed by atoms with van der Waals surface area (Å²) in [6.45, 7) is 0. The molecule has 12 heavy (non-hydrogen) atoms. The molecular weight excluding hydrogens is 278 g/mol. The molecule has 3 nitrogen and oxygen atoms in total. The van der Waals surface area contributed by atoms with Gasteiger partial charge in [0.05, 0.1) is 0 Å². The number of fused-ring (bicyclic) bond motifs is 1. The normalized spacial score (nSPS) is 17.5. The van der Waals surface area contributed by atoms with Crippen LogP contribution in [0.25, 0.3) is 0 Å². The van der Waals surface area contributed by atoms with Crippen molar-refractivity contribution in [2.75, 3.05) is 0 Å². The molecule has 0 unspecified atom stereocenters. The van der Waals surface area contributed by atoms with Gasteiger partial charge in [-0.2, -0.15) is 0 Å². The van der Waals surface area contributed by atoms with Crippen molar-refractivity contribution in [1.82, 2.24) is 0 Å². The molecule has 5 heteroatoms. The molecule has 64 valence electrons. The fraction of sp³-hybridized carbons (Fsp3) is 0. The van der Waals surface area contributed by atoms with Gasteiger partial charge in [-0.05, 0) is 0 Å². The van der Waals surface area contributed by atoms with E-state index in [1.807, 2.05) is 0 Å². The fourth-order valence-corrected chi connectivity index (χ4v) is 3.16. The van der Waals surface area contributed by atoms with Crippen molar-refractivity contribution in [3.8, 4) is 0 Å². The third kappa shape index (κ3) is 1.09. The maximum atomic E-state index is 12.6. The SMILES string of the molecule is O=C1OI(O)c2ccc(F)cc21. The van der Waals surface area contributed by atoms with E-state index in [1.165, 1.54) is 12.1 Å². The van der Waals surface area contributed by atoms with Gasteiger partial charge in [0.1, 0.15) is 0 Å². The Morgan fingerprint density at radius 1 is 1.50 bits per heavy atom. The van der Waals surface area contributed by atoms with Crippen molar-refractivity contribution in [1.29, 1.82) is 0 Å². The van der Waals surface area contributed by atoms with Crippen LogP contribution in [-0.4, -0.2) is 9.41 Å². The number of hydrogen-bond donors (Lipinski definition) is 1. The molecule has 1 aromatic rings. The van der Waals surface area contributed by atoms with Crippen molar-refractivity contribution in [3.05, 3.63) is 33.1 Å². The van der Waals surface area contributed by atoms with Gasteiger partial charge in [-0.25, -0.2) is 0 Å². The summed E-state index contributed by atoms with van der Waals surface area (Å²) >= 11 is -2.71. The van der Waals surface area contributed by atoms with Crippen LogP contribution in [0.4, 0.5) is 4.39 Å². The van der Waals surface area contributed by atoms with Gasteiger partial charge >= 0.3 is 75.5 Å². The van der Waals surface area contributed by atoms with E-state index in [1.54, 1.807) is 0 Å². The van der Waals surface area contributed by atoms with Gasteiger partial charge in [0.15, 0.2) is 0 Å². The first-order valence-electron chi connectivity index (χ1n) is 3.10. The van der Waals surface area contributed by atoms with Gasteiger partial charge in [0.2, 0.25) is 0 Å². The molecule has 0 aromatic heterocycles. The predicted octanol–water partition coefficient (Wildman–Crippen LogP) is 1.49. The van der Waals surface area contributed by atoms with Gasteiger partial charge in [0.25, 0.3) is 0 Å². The van der Waals surface area contributed by atoms with Gasteiger partial charge in [-0.15, -0.1) is 0 Å². The molecule has 1 aromatic carbocycles.